The Morgan fingerprint density at radius 3 is 2.57 bits per heavy atom. The van der Waals surface area contributed by atoms with Gasteiger partial charge in [-0.2, -0.15) is 0 Å². The van der Waals surface area contributed by atoms with Gasteiger partial charge in [0.1, 0.15) is 0 Å². The van der Waals surface area contributed by atoms with Gasteiger partial charge in [0.15, 0.2) is 0 Å². The maximum atomic E-state index is 2.24. The van der Waals surface area contributed by atoms with Gasteiger partial charge in [-0.25, -0.2) is 0 Å². The largest absolute Gasteiger partial charge is 0.0949 e. The molecule has 1 rings (SSSR count). The Bertz CT molecular complexity index is 275. The molecule has 0 saturated heterocycles. The molecule has 1 aromatic rings. The van der Waals surface area contributed by atoms with Gasteiger partial charge in [-0.3, -0.25) is 0 Å². The highest BCUT2D eigenvalue weighted by atomic mass is 32.2. The zero-order valence-corrected chi connectivity index (χ0v) is 9.81. The lowest BCUT2D eigenvalue weighted by molar-refractivity contribution is 0.808. The van der Waals surface area contributed by atoms with Gasteiger partial charge >= 0.3 is 0 Å². The molecule has 0 bridgehead atoms. The first kappa shape index (κ1) is 11.4. The highest BCUT2D eigenvalue weighted by Gasteiger charge is 1.98. The first-order valence-corrected chi connectivity index (χ1v) is 6.06. The van der Waals surface area contributed by atoms with Crippen LogP contribution in [0.2, 0.25) is 0 Å². The molecule has 0 N–H and O–H groups in total. The summed E-state index contributed by atoms with van der Waals surface area (Å²) in [6, 6.07) is 10.6. The van der Waals surface area contributed by atoms with Crippen LogP contribution < -0.4 is 0 Å². The van der Waals surface area contributed by atoms with Crippen LogP contribution in [-0.4, -0.2) is 0 Å². The van der Waals surface area contributed by atoms with Crippen LogP contribution >= 0.6 is 11.8 Å². The molecular formula is C13H18S. The minimum absolute atomic E-state index is 1.21. The highest BCUT2D eigenvalue weighted by molar-refractivity contribution is 8.03. The number of thioether (sulfide) groups is 1. The number of benzene rings is 1. The fourth-order valence-electron chi connectivity index (χ4n) is 1.25. The highest BCUT2D eigenvalue weighted by Crippen LogP contribution is 2.29. The molecule has 0 heterocycles. The monoisotopic (exact) mass is 206 g/mol. The van der Waals surface area contributed by atoms with Crippen LogP contribution in [0.1, 0.15) is 33.1 Å². The van der Waals surface area contributed by atoms with Gasteiger partial charge in [0.05, 0.1) is 0 Å². The van der Waals surface area contributed by atoms with Crippen molar-refractivity contribution in [2.24, 2.45) is 0 Å². The van der Waals surface area contributed by atoms with E-state index in [1.54, 1.807) is 0 Å². The van der Waals surface area contributed by atoms with E-state index >= 15 is 0 Å². The van der Waals surface area contributed by atoms with Crippen molar-refractivity contribution in [2.45, 2.75) is 38.0 Å². The zero-order valence-electron chi connectivity index (χ0n) is 8.99. The minimum atomic E-state index is 1.21. The molecule has 0 nitrogen and oxygen atoms in total. The Kier molecular flexibility index (Phi) is 5.46. The molecule has 0 aliphatic carbocycles. The van der Waals surface area contributed by atoms with Crippen LogP contribution in [0.5, 0.6) is 0 Å². The lowest BCUT2D eigenvalue weighted by Crippen LogP contribution is -1.78. The third-order valence-electron chi connectivity index (χ3n) is 2.09. The van der Waals surface area contributed by atoms with Gasteiger partial charge in [-0.1, -0.05) is 49.4 Å². The molecule has 0 radical (unpaired) electrons. The first-order valence-electron chi connectivity index (χ1n) is 5.25. The lowest BCUT2D eigenvalue weighted by Gasteiger charge is -2.05. The second kappa shape index (κ2) is 6.72. The van der Waals surface area contributed by atoms with E-state index in [0.717, 1.165) is 0 Å². The Morgan fingerprint density at radius 2 is 2.00 bits per heavy atom. The Morgan fingerprint density at radius 1 is 1.29 bits per heavy atom. The first-order chi connectivity index (χ1) is 6.86. The fraction of sp³-hybridized carbons (Fsp3) is 0.385. The maximum Gasteiger partial charge on any atom is 0.0118 e. The van der Waals surface area contributed by atoms with Crippen molar-refractivity contribution in [3.05, 3.63) is 41.3 Å². The van der Waals surface area contributed by atoms with Gasteiger partial charge < -0.3 is 0 Å². The maximum absolute atomic E-state index is 2.24. The number of hydrogen-bond acceptors (Lipinski definition) is 1. The van der Waals surface area contributed by atoms with Gasteiger partial charge in [-0.05, 0) is 36.8 Å². The average Bonchev–Trinajstić information content (AvgIpc) is 2.25. The van der Waals surface area contributed by atoms with Gasteiger partial charge in [0, 0.05) is 4.90 Å². The standard InChI is InChI=1S/C13H18S/c1-3-5-9-12(4-2)14-13-10-7-6-8-11-13/h4,6-8,10-11H,3,5,9H2,1-2H3/b12-4-. The molecule has 0 aliphatic rings. The third kappa shape index (κ3) is 4.01. The van der Waals surface area contributed by atoms with Crippen LogP contribution in [-0.2, 0) is 0 Å². The van der Waals surface area contributed by atoms with Crippen molar-refractivity contribution in [1.29, 1.82) is 0 Å². The molecular weight excluding hydrogens is 188 g/mol. The van der Waals surface area contributed by atoms with E-state index in [4.69, 9.17) is 0 Å². The normalized spacial score (nSPS) is 11.7. The number of allylic oxidation sites excluding steroid dienone is 2. The van der Waals surface area contributed by atoms with Gasteiger partial charge in [0.25, 0.3) is 0 Å². The molecule has 76 valence electrons. The molecule has 0 saturated carbocycles. The van der Waals surface area contributed by atoms with E-state index < -0.39 is 0 Å². The molecule has 1 heteroatoms. The van der Waals surface area contributed by atoms with Crippen molar-refractivity contribution in [3.8, 4) is 0 Å². The van der Waals surface area contributed by atoms with Crippen LogP contribution in [0.25, 0.3) is 0 Å². The van der Waals surface area contributed by atoms with Crippen molar-refractivity contribution >= 4 is 11.8 Å². The molecule has 0 aromatic heterocycles. The van der Waals surface area contributed by atoms with E-state index in [1.165, 1.54) is 29.1 Å². The summed E-state index contributed by atoms with van der Waals surface area (Å²) < 4.78 is 0. The fourth-order valence-corrected chi connectivity index (χ4v) is 2.21. The number of rotatable bonds is 5. The number of hydrogen-bond donors (Lipinski definition) is 0. The van der Waals surface area contributed by atoms with Gasteiger partial charge in [-0.15, -0.1) is 0 Å². The van der Waals surface area contributed by atoms with Gasteiger partial charge in [0.2, 0.25) is 0 Å². The van der Waals surface area contributed by atoms with E-state index in [0.29, 0.717) is 0 Å². The van der Waals surface area contributed by atoms with Crippen LogP contribution in [0.3, 0.4) is 0 Å². The molecule has 1 aromatic carbocycles. The summed E-state index contributed by atoms with van der Waals surface area (Å²) in [6.45, 7) is 4.36. The summed E-state index contributed by atoms with van der Waals surface area (Å²) in [4.78, 5) is 2.83. The summed E-state index contributed by atoms with van der Waals surface area (Å²) in [7, 11) is 0. The van der Waals surface area contributed by atoms with Crippen molar-refractivity contribution < 1.29 is 0 Å². The second-order valence-electron chi connectivity index (χ2n) is 3.27. The Balaban J connectivity index is 2.50. The molecule has 0 atom stereocenters. The number of unbranched alkanes of at least 4 members (excludes halogenated alkanes) is 1. The summed E-state index contributed by atoms with van der Waals surface area (Å²) in [5.74, 6) is 0. The average molecular weight is 206 g/mol. The quantitative estimate of drug-likeness (QED) is 0.619. The Hall–Kier alpha value is -0.690. The molecule has 0 spiro atoms. The lowest BCUT2D eigenvalue weighted by atomic mass is 10.2. The SMILES string of the molecule is C/C=C(/CCCC)Sc1ccccc1. The van der Waals surface area contributed by atoms with Crippen molar-refractivity contribution in [3.63, 3.8) is 0 Å². The molecule has 0 aliphatic heterocycles. The van der Waals surface area contributed by atoms with E-state index in [1.807, 2.05) is 11.8 Å². The topological polar surface area (TPSA) is 0 Å². The third-order valence-corrected chi connectivity index (χ3v) is 3.30. The molecule has 14 heavy (non-hydrogen) atoms. The molecule has 0 amide bonds. The van der Waals surface area contributed by atoms with Crippen LogP contribution in [0, 0.1) is 0 Å². The predicted octanol–water partition coefficient (Wildman–Crippen LogP) is 4.87. The van der Waals surface area contributed by atoms with Crippen LogP contribution in [0.4, 0.5) is 0 Å². The van der Waals surface area contributed by atoms with E-state index in [9.17, 15) is 0 Å². The van der Waals surface area contributed by atoms with E-state index in [-0.39, 0.29) is 0 Å². The summed E-state index contributed by atoms with van der Waals surface area (Å²) in [5, 5.41) is 0. The summed E-state index contributed by atoms with van der Waals surface area (Å²) in [5.41, 5.74) is 0. The molecule has 0 unspecified atom stereocenters. The van der Waals surface area contributed by atoms with Crippen LogP contribution in [0.15, 0.2) is 46.2 Å². The summed E-state index contributed by atoms with van der Waals surface area (Å²) in [6.07, 6.45) is 6.01. The van der Waals surface area contributed by atoms with Crippen molar-refractivity contribution in [2.75, 3.05) is 0 Å². The van der Waals surface area contributed by atoms with E-state index in [2.05, 4.69) is 50.3 Å². The smallest absolute Gasteiger partial charge is 0.0118 e. The summed E-state index contributed by atoms with van der Waals surface area (Å²) >= 11 is 1.89. The molecule has 0 fully saturated rings. The minimum Gasteiger partial charge on any atom is -0.0949 e. The Labute approximate surface area is 91.4 Å². The second-order valence-corrected chi connectivity index (χ2v) is 4.47. The predicted molar refractivity (Wildman–Crippen MR) is 65.6 cm³/mol. The zero-order chi connectivity index (χ0) is 10.2. The van der Waals surface area contributed by atoms with Crippen molar-refractivity contribution in [1.82, 2.24) is 0 Å².